The number of amides is 3. The van der Waals surface area contributed by atoms with Crippen LogP contribution < -0.4 is 10.1 Å². The summed E-state index contributed by atoms with van der Waals surface area (Å²) in [5, 5.41) is 12.6. The highest BCUT2D eigenvalue weighted by Gasteiger charge is 2.34. The summed E-state index contributed by atoms with van der Waals surface area (Å²) in [6, 6.07) is 12.0. The second-order valence-corrected chi connectivity index (χ2v) is 9.78. The number of fused-ring (bicyclic) bond motifs is 1. The quantitative estimate of drug-likeness (QED) is 0.468. The maximum atomic E-state index is 13.6. The zero-order valence-corrected chi connectivity index (χ0v) is 22.4. The van der Waals surface area contributed by atoms with E-state index in [0.29, 0.717) is 16.8 Å². The third kappa shape index (κ3) is 6.93. The van der Waals surface area contributed by atoms with Crippen molar-refractivity contribution < 1.29 is 28.2 Å². The predicted octanol–water partition coefficient (Wildman–Crippen LogP) is 4.14. The van der Waals surface area contributed by atoms with Crippen LogP contribution in [-0.4, -0.2) is 70.7 Å². The average molecular weight is 549 g/mol. The molecule has 208 valence electrons. The van der Waals surface area contributed by atoms with Gasteiger partial charge in [-0.3, -0.25) is 4.79 Å². The van der Waals surface area contributed by atoms with Crippen LogP contribution in [-0.2, 0) is 0 Å². The van der Waals surface area contributed by atoms with Gasteiger partial charge in [-0.25, -0.2) is 18.6 Å². The predicted molar refractivity (Wildman–Crippen MR) is 146 cm³/mol. The number of anilines is 1. The van der Waals surface area contributed by atoms with Gasteiger partial charge in [-0.05, 0) is 55.5 Å². The molecule has 3 atom stereocenters. The van der Waals surface area contributed by atoms with E-state index in [1.807, 2.05) is 6.92 Å². The first-order chi connectivity index (χ1) is 19.1. The normalized spacial score (nSPS) is 17.4. The maximum Gasteiger partial charge on any atom is 0.321 e. The van der Waals surface area contributed by atoms with E-state index < -0.39 is 29.8 Å². The molecule has 2 aromatic carbocycles. The number of rotatable bonds is 5. The zero-order chi connectivity index (χ0) is 28.8. The van der Waals surface area contributed by atoms with Crippen molar-refractivity contribution in [1.29, 1.82) is 0 Å². The highest BCUT2D eigenvalue weighted by atomic mass is 19.1. The molecule has 4 rings (SSSR count). The number of nitrogens with one attached hydrogen (secondary N) is 1. The first-order valence-corrected chi connectivity index (χ1v) is 12.8. The van der Waals surface area contributed by atoms with Crippen LogP contribution in [0, 0.1) is 29.4 Å². The van der Waals surface area contributed by atoms with Gasteiger partial charge in [0.25, 0.3) is 5.91 Å². The van der Waals surface area contributed by atoms with E-state index in [9.17, 15) is 23.5 Å². The Labute approximate surface area is 231 Å². The molecule has 0 saturated heterocycles. The highest BCUT2D eigenvalue weighted by Crippen LogP contribution is 2.27. The third-order valence-corrected chi connectivity index (χ3v) is 6.59. The van der Waals surface area contributed by atoms with Crippen molar-refractivity contribution in [2.75, 3.05) is 32.1 Å². The fourth-order valence-electron chi connectivity index (χ4n) is 4.20. The van der Waals surface area contributed by atoms with Gasteiger partial charge >= 0.3 is 6.03 Å². The maximum absolute atomic E-state index is 13.6. The van der Waals surface area contributed by atoms with Crippen LogP contribution >= 0.6 is 0 Å². The molecule has 1 aliphatic heterocycles. The van der Waals surface area contributed by atoms with Crippen LogP contribution in [0.1, 0.15) is 35.3 Å². The smallest absolute Gasteiger partial charge is 0.321 e. The number of pyridine rings is 1. The van der Waals surface area contributed by atoms with E-state index in [4.69, 9.17) is 4.74 Å². The molecule has 0 saturated carbocycles. The van der Waals surface area contributed by atoms with Gasteiger partial charge < -0.3 is 25.0 Å². The molecule has 0 unspecified atom stereocenters. The standard InChI is InChI=1S/C30H30F2N4O4/c1-19-16-36(20(2)18-37)29(38)26-14-22(8-7-21-5-4-6-24(32)13-21)15-33-28(26)40-27(19)17-35(3)30(39)34-25-11-9-23(31)10-12-25/h4-6,9-15,19-20,27,37H,16-18H2,1-3H3,(H,34,39)/t19-,20+,27-/m0/s1. The van der Waals surface area contributed by atoms with Gasteiger partial charge in [0.05, 0.1) is 19.2 Å². The molecule has 0 spiro atoms. The van der Waals surface area contributed by atoms with Crippen molar-refractivity contribution in [3.8, 4) is 17.7 Å². The Bertz CT molecular complexity index is 1440. The minimum atomic E-state index is -0.555. The molecule has 2 N–H and O–H groups in total. The molecular formula is C30H30F2N4O4. The van der Waals surface area contributed by atoms with E-state index in [1.54, 1.807) is 37.1 Å². The van der Waals surface area contributed by atoms with E-state index >= 15 is 0 Å². The largest absolute Gasteiger partial charge is 0.472 e. The number of hydrogen-bond donors (Lipinski definition) is 2. The molecule has 3 aromatic rings. The van der Waals surface area contributed by atoms with Crippen molar-refractivity contribution in [2.24, 2.45) is 5.92 Å². The minimum absolute atomic E-state index is 0.0836. The summed E-state index contributed by atoms with van der Waals surface area (Å²) in [7, 11) is 1.60. The van der Waals surface area contributed by atoms with E-state index in [1.165, 1.54) is 47.5 Å². The van der Waals surface area contributed by atoms with E-state index in [-0.39, 0.29) is 43.0 Å². The minimum Gasteiger partial charge on any atom is -0.472 e. The number of benzene rings is 2. The SMILES string of the molecule is C[C@H](CO)N1C[C@H](C)[C@H](CN(C)C(=O)Nc2ccc(F)cc2)Oc2ncc(C#Cc3cccc(F)c3)cc2C1=O. The van der Waals surface area contributed by atoms with Gasteiger partial charge in [0.2, 0.25) is 5.88 Å². The summed E-state index contributed by atoms with van der Waals surface area (Å²) in [6.07, 6.45) is 0.910. The summed E-state index contributed by atoms with van der Waals surface area (Å²) in [6.45, 7) is 3.81. The number of nitrogens with zero attached hydrogens (tertiary/aromatic N) is 3. The first-order valence-electron chi connectivity index (χ1n) is 12.8. The number of carbonyl (C=O) groups is 2. The molecule has 1 aromatic heterocycles. The van der Waals surface area contributed by atoms with Crippen LogP contribution in [0.5, 0.6) is 5.88 Å². The summed E-state index contributed by atoms with van der Waals surface area (Å²) >= 11 is 0. The average Bonchev–Trinajstić information content (AvgIpc) is 2.94. The lowest BCUT2D eigenvalue weighted by molar-refractivity contribution is 0.0356. The Balaban J connectivity index is 1.60. The molecule has 0 fully saturated rings. The van der Waals surface area contributed by atoms with Crippen LogP contribution in [0.3, 0.4) is 0 Å². The number of carbonyl (C=O) groups excluding carboxylic acids is 2. The number of urea groups is 1. The lowest BCUT2D eigenvalue weighted by Crippen LogP contribution is -2.50. The van der Waals surface area contributed by atoms with E-state index in [2.05, 4.69) is 22.1 Å². The number of aliphatic hydroxyl groups is 1. The van der Waals surface area contributed by atoms with Gasteiger partial charge in [-0.15, -0.1) is 0 Å². The first kappa shape index (κ1) is 28.5. The summed E-state index contributed by atoms with van der Waals surface area (Å²) in [5.74, 6) is 4.44. The van der Waals surface area contributed by atoms with Crippen molar-refractivity contribution in [3.05, 3.63) is 89.1 Å². The molecule has 0 bridgehead atoms. The Morgan fingerprint density at radius 1 is 1.18 bits per heavy atom. The van der Waals surface area contributed by atoms with Crippen LogP contribution in [0.2, 0.25) is 0 Å². The third-order valence-electron chi connectivity index (χ3n) is 6.59. The Morgan fingerprint density at radius 2 is 1.90 bits per heavy atom. The summed E-state index contributed by atoms with van der Waals surface area (Å²) in [5.41, 5.74) is 1.51. The number of likely N-dealkylation sites (N-methyl/N-ethyl adjacent to an activating group) is 1. The van der Waals surface area contributed by atoms with Gasteiger partial charge in [0.15, 0.2) is 0 Å². The van der Waals surface area contributed by atoms with E-state index in [0.717, 1.165) is 0 Å². The molecule has 0 aliphatic carbocycles. The van der Waals surface area contributed by atoms with Crippen LogP contribution in [0.15, 0.2) is 60.8 Å². The van der Waals surface area contributed by atoms with Crippen molar-refractivity contribution >= 4 is 17.6 Å². The Hall–Kier alpha value is -4.49. The molecule has 40 heavy (non-hydrogen) atoms. The Morgan fingerprint density at radius 3 is 2.60 bits per heavy atom. The van der Waals surface area contributed by atoms with Gasteiger partial charge in [-0.1, -0.05) is 24.8 Å². The van der Waals surface area contributed by atoms with Crippen molar-refractivity contribution in [3.63, 3.8) is 0 Å². The molecule has 0 radical (unpaired) electrons. The number of aromatic nitrogens is 1. The molecule has 8 nitrogen and oxygen atoms in total. The topological polar surface area (TPSA) is 95.0 Å². The number of halogens is 2. The van der Waals surface area contributed by atoms with Crippen LogP contribution in [0.25, 0.3) is 0 Å². The van der Waals surface area contributed by atoms with Gasteiger partial charge in [-0.2, -0.15) is 0 Å². The molecule has 3 amide bonds. The number of ether oxygens (including phenoxy) is 1. The Kier molecular flexibility index (Phi) is 8.97. The highest BCUT2D eigenvalue weighted by molar-refractivity contribution is 5.97. The zero-order valence-electron chi connectivity index (χ0n) is 22.4. The lowest BCUT2D eigenvalue weighted by atomic mass is 10.00. The molecule has 2 heterocycles. The second-order valence-electron chi connectivity index (χ2n) is 9.78. The molecule has 10 heteroatoms. The second kappa shape index (κ2) is 12.6. The van der Waals surface area contributed by atoms with Gasteiger partial charge in [0.1, 0.15) is 23.3 Å². The number of hydrogen-bond acceptors (Lipinski definition) is 5. The lowest BCUT2D eigenvalue weighted by Gasteiger charge is -2.37. The fourth-order valence-corrected chi connectivity index (χ4v) is 4.20. The molecular weight excluding hydrogens is 518 g/mol. The molecule has 1 aliphatic rings. The fraction of sp³-hybridized carbons (Fsp3) is 0.300. The van der Waals surface area contributed by atoms with Crippen LogP contribution in [0.4, 0.5) is 19.3 Å². The van der Waals surface area contributed by atoms with Gasteiger partial charge in [0, 0.05) is 42.5 Å². The van der Waals surface area contributed by atoms with Crippen molar-refractivity contribution in [2.45, 2.75) is 26.0 Å². The number of aliphatic hydroxyl groups excluding tert-OH is 1. The monoisotopic (exact) mass is 548 g/mol. The summed E-state index contributed by atoms with van der Waals surface area (Å²) in [4.78, 5) is 33.7. The van der Waals surface area contributed by atoms with Crippen molar-refractivity contribution in [1.82, 2.24) is 14.8 Å². The summed E-state index contributed by atoms with van der Waals surface area (Å²) < 4.78 is 33.0.